The molecule has 0 aromatic carbocycles. The first-order chi connectivity index (χ1) is 38.5. The summed E-state index contributed by atoms with van der Waals surface area (Å²) in [6.45, 7) is 17.5. The van der Waals surface area contributed by atoms with Gasteiger partial charge in [0.25, 0.3) is 0 Å². The average molecular weight is 1410 g/mol. The van der Waals surface area contributed by atoms with Gasteiger partial charge in [0.15, 0.2) is 0 Å². The summed E-state index contributed by atoms with van der Waals surface area (Å²) in [5.74, 6) is 55.5. The zero-order chi connectivity index (χ0) is 55.4. The van der Waals surface area contributed by atoms with Crippen LogP contribution in [-0.2, 0) is 51.4 Å². The van der Waals surface area contributed by atoms with Crippen LogP contribution in [0.15, 0.2) is 60.7 Å². The lowest BCUT2D eigenvalue weighted by atomic mass is 10.1. The molecule has 390 valence electrons. The van der Waals surface area contributed by atoms with Gasteiger partial charge in [-0.2, -0.15) is 0 Å². The van der Waals surface area contributed by atoms with Gasteiger partial charge in [-0.1, -0.05) is 55.4 Å². The van der Waals surface area contributed by atoms with Crippen molar-refractivity contribution in [2.75, 3.05) is 0 Å². The van der Waals surface area contributed by atoms with Crippen molar-refractivity contribution >= 4 is 147 Å². The Bertz CT molecular complexity index is 4000. The molecule has 0 saturated heterocycles. The van der Waals surface area contributed by atoms with Crippen LogP contribution in [-0.4, -0.2) is 0 Å². The lowest BCUT2D eigenvalue weighted by Crippen LogP contribution is -1.79. The number of thiophene rings is 9. The van der Waals surface area contributed by atoms with Crippen LogP contribution in [0.1, 0.15) is 178 Å². The van der Waals surface area contributed by atoms with E-state index in [4.69, 9.17) is 0 Å². The second-order valence-corrected chi connectivity index (χ2v) is 30.9. The molecule has 0 amide bonds. The van der Waals surface area contributed by atoms with Crippen LogP contribution in [0, 0.1) is 100 Å². The minimum Gasteiger partial charge on any atom is -0.120 e. The molecular formula is C68H50I2S9. The molecule has 9 aromatic rings. The molecule has 9 aromatic heterocycles. The molecule has 0 unspecified atom stereocenters. The Labute approximate surface area is 531 Å². The van der Waals surface area contributed by atoms with E-state index in [-0.39, 0.29) is 0 Å². The van der Waals surface area contributed by atoms with Gasteiger partial charge in [0.2, 0.25) is 0 Å². The first kappa shape index (κ1) is 58.9. The van der Waals surface area contributed by atoms with Crippen molar-refractivity contribution in [3.05, 3.63) is 189 Å². The summed E-state index contributed by atoms with van der Waals surface area (Å²) in [6, 6.07) is 21.9. The molecule has 0 atom stereocenters. The first-order valence-corrected chi connectivity index (χ1v) is 35.6. The molecule has 0 bridgehead atoms. The normalized spacial score (nSPS) is 10.3. The summed E-state index contributed by atoms with van der Waals surface area (Å²) in [5.41, 5.74) is 10.1. The third kappa shape index (κ3) is 15.2. The van der Waals surface area contributed by atoms with Crippen LogP contribution in [0.4, 0.5) is 0 Å². The van der Waals surface area contributed by atoms with Crippen molar-refractivity contribution in [3.63, 3.8) is 0 Å². The second kappa shape index (κ2) is 28.3. The van der Waals surface area contributed by atoms with Crippen LogP contribution < -0.4 is 0 Å². The molecule has 0 aliphatic carbocycles. The SMILES string of the molecule is CCc1cc(I)sc1C#Cc1cc(CC)c(C#Cc2cc(CC)c(C#Cc3cc(CC)c(C#Cc4ccc(C#Cc5sc(C#Cc6sc(C#Cc7sc(C#Cc8sc(I)cc8CC)cc7CC)cc6CC)cc5CC)s4)s3)s2)s1. The highest BCUT2D eigenvalue weighted by Gasteiger charge is 2.12. The number of hydrogen-bond acceptors (Lipinski definition) is 9. The Morgan fingerprint density at radius 3 is 0.608 bits per heavy atom. The molecule has 0 aliphatic heterocycles. The molecule has 79 heavy (non-hydrogen) atoms. The summed E-state index contributed by atoms with van der Waals surface area (Å²) in [6.07, 6.45) is 7.43. The Morgan fingerprint density at radius 2 is 0.405 bits per heavy atom. The monoisotopic (exact) mass is 1410 g/mol. The fourth-order valence-electron chi connectivity index (χ4n) is 8.10. The van der Waals surface area contributed by atoms with Gasteiger partial charge in [-0.15, -0.1) is 102 Å². The van der Waals surface area contributed by atoms with Crippen molar-refractivity contribution in [2.45, 2.75) is 107 Å². The summed E-state index contributed by atoms with van der Waals surface area (Å²) >= 11 is 20.0. The van der Waals surface area contributed by atoms with Crippen LogP contribution in [0.25, 0.3) is 0 Å². The number of hydrogen-bond donors (Lipinski definition) is 0. The maximum atomic E-state index is 3.51. The van der Waals surface area contributed by atoms with Gasteiger partial charge in [0, 0.05) is 0 Å². The van der Waals surface area contributed by atoms with Crippen molar-refractivity contribution < 1.29 is 0 Å². The summed E-state index contributed by atoms with van der Waals surface area (Å²) < 4.78 is 2.56. The smallest absolute Gasteiger partial charge is 0.0817 e. The topological polar surface area (TPSA) is 0 Å². The highest BCUT2D eigenvalue weighted by molar-refractivity contribution is 14.1. The fraction of sp³-hybridized carbons (Fsp3) is 0.235. The van der Waals surface area contributed by atoms with E-state index in [0.29, 0.717) is 0 Å². The quantitative estimate of drug-likeness (QED) is 0.105. The molecule has 9 rings (SSSR count). The lowest BCUT2D eigenvalue weighted by molar-refractivity contribution is 1.15. The minimum absolute atomic E-state index is 0.894. The molecule has 0 spiro atoms. The van der Waals surface area contributed by atoms with E-state index in [1.807, 2.05) is 0 Å². The number of aryl methyl sites for hydroxylation is 8. The Kier molecular flexibility index (Phi) is 21.1. The molecular weight excluding hydrogens is 1360 g/mol. The van der Waals surface area contributed by atoms with Gasteiger partial charge >= 0.3 is 0 Å². The highest BCUT2D eigenvalue weighted by Crippen LogP contribution is 2.31. The predicted molar refractivity (Wildman–Crippen MR) is 367 cm³/mol. The summed E-state index contributed by atoms with van der Waals surface area (Å²) in [4.78, 5) is 17.1. The largest absolute Gasteiger partial charge is 0.120 e. The van der Waals surface area contributed by atoms with Crippen molar-refractivity contribution in [1.29, 1.82) is 0 Å². The van der Waals surface area contributed by atoms with E-state index in [2.05, 4.69) is 256 Å². The molecule has 0 saturated carbocycles. The zero-order valence-electron chi connectivity index (χ0n) is 44.9. The second-order valence-electron chi connectivity index (χ2n) is 17.6. The van der Waals surface area contributed by atoms with Crippen LogP contribution in [0.5, 0.6) is 0 Å². The van der Waals surface area contributed by atoms with E-state index < -0.39 is 0 Å². The van der Waals surface area contributed by atoms with Crippen LogP contribution in [0.2, 0.25) is 0 Å². The maximum Gasteiger partial charge on any atom is 0.0817 e. The standard InChI is InChI=1S/C68H50I2S9/c1-9-43-35-53(21-29-61-45(11-3)37-55(74-61)23-31-63-47(13-5)39-57(76-63)25-33-65-49(15-7)41-67(69)78-65)72-59(43)27-19-51-17-18-52(71-51)20-28-60-44(10-2)36-54(73-60)22-30-62-46(12-4)38-56(75-62)24-32-64-48(14-6)40-58(77-64)26-34-66-50(16-8)42-68(70)79-66/h17-18,35-42H,9-16H2,1-8H3. The van der Waals surface area contributed by atoms with Gasteiger partial charge in [0.05, 0.1) is 83.8 Å². The Balaban J connectivity index is 0.851. The Morgan fingerprint density at radius 1 is 0.228 bits per heavy atom. The molecule has 0 N–H and O–H groups in total. The number of halogens is 2. The summed E-state index contributed by atoms with van der Waals surface area (Å²) in [7, 11) is 0. The third-order valence-corrected chi connectivity index (χ3v) is 23.1. The Hall–Kier alpha value is -4.76. The van der Waals surface area contributed by atoms with E-state index in [9.17, 15) is 0 Å². The van der Waals surface area contributed by atoms with E-state index >= 15 is 0 Å². The van der Waals surface area contributed by atoms with Gasteiger partial charge in [-0.25, -0.2) is 0 Å². The van der Waals surface area contributed by atoms with Crippen molar-refractivity contribution in [2.24, 2.45) is 0 Å². The third-order valence-electron chi connectivity index (χ3n) is 12.5. The molecule has 0 fully saturated rings. The average Bonchev–Trinajstić information content (AvgIpc) is 4.35. The van der Waals surface area contributed by atoms with Crippen molar-refractivity contribution in [3.8, 4) is 94.7 Å². The van der Waals surface area contributed by atoms with E-state index in [0.717, 1.165) is 120 Å². The molecule has 11 heteroatoms. The van der Waals surface area contributed by atoms with Gasteiger partial charge in [-0.3, -0.25) is 0 Å². The zero-order valence-corrected chi connectivity index (χ0v) is 56.5. The maximum absolute atomic E-state index is 3.51. The highest BCUT2D eigenvalue weighted by atomic mass is 127. The van der Waals surface area contributed by atoms with Gasteiger partial charge < -0.3 is 0 Å². The van der Waals surface area contributed by atoms with Crippen LogP contribution >= 0.6 is 147 Å². The minimum atomic E-state index is 0.894. The molecule has 0 nitrogen and oxygen atoms in total. The van der Waals surface area contributed by atoms with Gasteiger partial charge in [-0.05, 0) is 296 Å². The van der Waals surface area contributed by atoms with E-state index in [1.165, 1.54) is 60.0 Å². The first-order valence-electron chi connectivity index (χ1n) is 26.1. The van der Waals surface area contributed by atoms with Gasteiger partial charge in [0.1, 0.15) is 0 Å². The molecule has 9 heterocycles. The van der Waals surface area contributed by atoms with Crippen molar-refractivity contribution in [1.82, 2.24) is 0 Å². The van der Waals surface area contributed by atoms with E-state index in [1.54, 1.807) is 102 Å². The van der Waals surface area contributed by atoms with Crippen LogP contribution in [0.3, 0.4) is 0 Å². The predicted octanol–water partition coefficient (Wildman–Crippen LogP) is 19.1. The lowest BCUT2D eigenvalue weighted by Gasteiger charge is -1.89. The molecule has 0 radical (unpaired) electrons. The number of rotatable bonds is 8. The fourth-order valence-corrected chi connectivity index (χ4v) is 18.3. The molecule has 0 aliphatic rings. The summed E-state index contributed by atoms with van der Waals surface area (Å²) in [5, 5.41) is 0.